The van der Waals surface area contributed by atoms with E-state index in [-0.39, 0.29) is 35.4 Å². The second kappa shape index (κ2) is 12.0. The Kier molecular flexibility index (Phi) is 8.87. The van der Waals surface area contributed by atoms with Crippen molar-refractivity contribution >= 4 is 17.5 Å². The van der Waals surface area contributed by atoms with Crippen LogP contribution in [-0.2, 0) is 11.2 Å². The maximum atomic E-state index is 13.9. The molecule has 2 atom stereocenters. The van der Waals surface area contributed by atoms with E-state index in [2.05, 4.69) is 20.6 Å². The van der Waals surface area contributed by atoms with Gasteiger partial charge in [-0.2, -0.15) is 18.3 Å². The summed E-state index contributed by atoms with van der Waals surface area (Å²) in [5, 5.41) is 12.2. The minimum absolute atomic E-state index is 0.0301. The van der Waals surface area contributed by atoms with Crippen LogP contribution in [-0.4, -0.2) is 56.6 Å². The molecule has 1 fully saturated rings. The van der Waals surface area contributed by atoms with Gasteiger partial charge in [-0.1, -0.05) is 12.1 Å². The second-order valence-electron chi connectivity index (χ2n) is 9.96. The van der Waals surface area contributed by atoms with Crippen LogP contribution in [0.3, 0.4) is 0 Å². The molecule has 0 bridgehead atoms. The number of aryl methyl sites for hydroxylation is 1. The highest BCUT2D eigenvalue weighted by Crippen LogP contribution is 2.41. The fraction of sp³-hybridized carbons (Fsp3) is 0.560. The topological polar surface area (TPSA) is 114 Å². The summed E-state index contributed by atoms with van der Waals surface area (Å²) in [5.41, 5.74) is 0.750. The quantitative estimate of drug-likeness (QED) is 0.321. The van der Waals surface area contributed by atoms with E-state index in [9.17, 15) is 40.3 Å². The molecule has 41 heavy (non-hydrogen) atoms. The predicted molar refractivity (Wildman–Crippen MR) is 128 cm³/mol. The fourth-order valence-electron chi connectivity index (χ4n) is 4.87. The number of hydrogen-bond donors (Lipinski definition) is 2. The lowest BCUT2D eigenvalue weighted by Gasteiger charge is -2.33. The largest absolute Gasteiger partial charge is 0.405 e. The van der Waals surface area contributed by atoms with E-state index in [0.717, 1.165) is 6.20 Å². The van der Waals surface area contributed by atoms with Crippen molar-refractivity contribution in [3.05, 3.63) is 47.2 Å². The molecule has 1 saturated carbocycles. The molecule has 3 aromatic heterocycles. The Morgan fingerprint density at radius 2 is 1.93 bits per heavy atom. The van der Waals surface area contributed by atoms with Crippen molar-refractivity contribution in [2.45, 2.75) is 75.9 Å². The van der Waals surface area contributed by atoms with E-state index in [1.807, 2.05) is 0 Å². The average Bonchev–Trinajstić information content (AvgIpc) is 3.55. The summed E-state index contributed by atoms with van der Waals surface area (Å²) in [6.45, 7) is 0.0991. The molecule has 1 aliphatic carbocycles. The van der Waals surface area contributed by atoms with Crippen LogP contribution in [0.15, 0.2) is 29.2 Å². The molecule has 1 aliphatic rings. The third-order valence-electron chi connectivity index (χ3n) is 7.03. The number of halogens is 7. The average molecular weight is 593 g/mol. The second-order valence-corrected chi connectivity index (χ2v) is 9.96. The van der Waals surface area contributed by atoms with Crippen molar-refractivity contribution in [1.29, 1.82) is 0 Å². The first kappa shape index (κ1) is 30.2. The lowest BCUT2D eigenvalue weighted by atomic mass is 9.81. The van der Waals surface area contributed by atoms with Gasteiger partial charge in [-0.25, -0.2) is 27.1 Å². The summed E-state index contributed by atoms with van der Waals surface area (Å²) >= 11 is 0. The summed E-state index contributed by atoms with van der Waals surface area (Å²) in [7, 11) is 0. The van der Waals surface area contributed by atoms with Crippen molar-refractivity contribution in [2.24, 2.45) is 5.92 Å². The van der Waals surface area contributed by atoms with Gasteiger partial charge >= 0.3 is 6.18 Å². The van der Waals surface area contributed by atoms with Gasteiger partial charge in [0.2, 0.25) is 18.3 Å². The van der Waals surface area contributed by atoms with Crippen LogP contribution in [0.1, 0.15) is 78.3 Å². The third kappa shape index (κ3) is 7.52. The summed E-state index contributed by atoms with van der Waals surface area (Å²) in [5.74, 6) is -6.80. The number of nitrogens with one attached hydrogen (secondary N) is 2. The number of carbonyl (C=O) groups excluding carboxylic acids is 2. The zero-order valence-electron chi connectivity index (χ0n) is 21.7. The monoisotopic (exact) mass is 592 g/mol. The van der Waals surface area contributed by atoms with Crippen molar-refractivity contribution in [3.63, 3.8) is 0 Å². The van der Waals surface area contributed by atoms with Gasteiger partial charge in [-0.15, -0.1) is 0 Å². The van der Waals surface area contributed by atoms with Gasteiger partial charge in [-0.3, -0.25) is 9.59 Å². The molecular weight excluding hydrogens is 565 g/mol. The molecule has 16 heteroatoms. The molecule has 2 N–H and O–H groups in total. The zero-order valence-corrected chi connectivity index (χ0v) is 21.7. The van der Waals surface area contributed by atoms with Crippen LogP contribution in [0.4, 0.5) is 30.7 Å². The van der Waals surface area contributed by atoms with Crippen molar-refractivity contribution in [1.82, 2.24) is 30.4 Å². The third-order valence-corrected chi connectivity index (χ3v) is 7.03. The van der Waals surface area contributed by atoms with Crippen molar-refractivity contribution in [2.75, 3.05) is 6.54 Å². The highest BCUT2D eigenvalue weighted by atomic mass is 19.4. The van der Waals surface area contributed by atoms with Gasteiger partial charge in [0.05, 0.1) is 30.0 Å². The van der Waals surface area contributed by atoms with Crippen LogP contribution >= 0.6 is 0 Å². The smallest absolute Gasteiger partial charge is 0.364 e. The van der Waals surface area contributed by atoms with E-state index < -0.39 is 74.0 Å². The molecule has 224 valence electrons. The van der Waals surface area contributed by atoms with Crippen LogP contribution in [0.2, 0.25) is 0 Å². The van der Waals surface area contributed by atoms with Crippen LogP contribution in [0.25, 0.3) is 5.65 Å². The van der Waals surface area contributed by atoms with Gasteiger partial charge < -0.3 is 15.2 Å². The normalized spacial score (nSPS) is 17.5. The molecule has 9 nitrogen and oxygen atoms in total. The molecule has 0 aliphatic heterocycles. The summed E-state index contributed by atoms with van der Waals surface area (Å²) in [4.78, 5) is 29.9. The Morgan fingerprint density at radius 1 is 1.22 bits per heavy atom. The van der Waals surface area contributed by atoms with E-state index in [0.29, 0.717) is 12.0 Å². The van der Waals surface area contributed by atoms with Crippen LogP contribution < -0.4 is 10.6 Å². The number of hydrogen-bond acceptors (Lipinski definition) is 6. The molecule has 0 aromatic carbocycles. The number of fused-ring (bicyclic) bond motifs is 1. The van der Waals surface area contributed by atoms with Crippen LogP contribution in [0.5, 0.6) is 0 Å². The van der Waals surface area contributed by atoms with E-state index in [4.69, 9.17) is 4.52 Å². The lowest BCUT2D eigenvalue weighted by Crippen LogP contribution is -2.37. The maximum absolute atomic E-state index is 13.9. The number of carbonyl (C=O) groups is 2. The van der Waals surface area contributed by atoms with Gasteiger partial charge in [0.15, 0.2) is 11.3 Å². The van der Waals surface area contributed by atoms with Crippen molar-refractivity contribution in [3.8, 4) is 0 Å². The first-order valence-electron chi connectivity index (χ1n) is 12.9. The number of rotatable bonds is 10. The molecule has 2 amide bonds. The highest BCUT2D eigenvalue weighted by Gasteiger charge is 2.40. The number of imidazole rings is 1. The van der Waals surface area contributed by atoms with E-state index in [1.54, 1.807) is 12.2 Å². The Balaban J connectivity index is 1.65. The van der Waals surface area contributed by atoms with Gasteiger partial charge in [0, 0.05) is 24.8 Å². The maximum Gasteiger partial charge on any atom is 0.405 e. The first-order chi connectivity index (χ1) is 19.3. The predicted octanol–water partition coefficient (Wildman–Crippen LogP) is 4.99. The molecule has 3 aromatic rings. The minimum atomic E-state index is -4.74. The molecule has 0 spiro atoms. The number of nitrogens with zero attached hydrogens (tertiary/aromatic N) is 4. The standard InChI is InChI=1S/C25H27F7N6O3/c1-2-13-11-41-37-21(13)23(40)36-20(14-3-5-24(28,29)6-4-14)17-10-38-19(35-17)7-15(9-34-38)16(8-18(26)27)22(39)33-12-25(30,31)32/h7,9-11,14,16,18,20H,2-6,8,12H2,1H3,(H,33,39)(H,36,40)/t16-,20-/m0/s1. The van der Waals surface area contributed by atoms with E-state index >= 15 is 0 Å². The summed E-state index contributed by atoms with van der Waals surface area (Å²) < 4.78 is 98.1. The molecule has 4 rings (SSSR count). The van der Waals surface area contributed by atoms with Gasteiger partial charge in [0.25, 0.3) is 5.91 Å². The summed E-state index contributed by atoms with van der Waals surface area (Å²) in [6, 6.07) is 0.370. The highest BCUT2D eigenvalue weighted by molar-refractivity contribution is 5.93. The van der Waals surface area contributed by atoms with Crippen LogP contribution in [0, 0.1) is 5.92 Å². The molecule has 0 unspecified atom stereocenters. The number of amides is 2. The van der Waals surface area contributed by atoms with Gasteiger partial charge in [0.1, 0.15) is 12.8 Å². The lowest BCUT2D eigenvalue weighted by molar-refractivity contribution is -0.139. The Labute approximate surface area is 228 Å². The van der Waals surface area contributed by atoms with Gasteiger partial charge in [-0.05, 0) is 36.8 Å². The molecule has 0 saturated heterocycles. The zero-order chi connectivity index (χ0) is 29.9. The summed E-state index contributed by atoms with van der Waals surface area (Å²) in [6.07, 6.45) is -5.19. The Bertz CT molecular complexity index is 1360. The fourth-order valence-corrected chi connectivity index (χ4v) is 4.87. The Hall–Kier alpha value is -3.72. The molecule has 3 heterocycles. The number of alkyl halides is 7. The molecular formula is C25H27F7N6O3. The van der Waals surface area contributed by atoms with Crippen molar-refractivity contribution < 1.29 is 44.8 Å². The molecule has 0 radical (unpaired) electrons. The van der Waals surface area contributed by atoms with E-state index in [1.165, 1.54) is 23.0 Å². The Morgan fingerprint density at radius 3 is 2.56 bits per heavy atom. The number of aromatic nitrogens is 4. The first-order valence-corrected chi connectivity index (χ1v) is 12.9. The SMILES string of the molecule is CCc1conc1C(=O)N[C@H](c1cn2ncc([C@H](CC(F)F)C(=O)NCC(F)(F)F)cc2n1)C1CCC(F)(F)CC1. The minimum Gasteiger partial charge on any atom is -0.364 e.